The lowest BCUT2D eigenvalue weighted by molar-refractivity contribution is -0.137. The number of carboxylic acid groups (broad SMARTS) is 1. The van der Waals surface area contributed by atoms with E-state index in [1.807, 2.05) is 12.1 Å². The molecule has 1 aromatic carbocycles. The molecule has 0 unspecified atom stereocenters. The Morgan fingerprint density at radius 2 is 2.05 bits per heavy atom. The van der Waals surface area contributed by atoms with Crippen LogP contribution in [0.15, 0.2) is 30.3 Å². The summed E-state index contributed by atoms with van der Waals surface area (Å²) in [7, 11) is 0. The summed E-state index contributed by atoms with van der Waals surface area (Å²) in [6, 6.07) is 8.73. The number of benzene rings is 1. The van der Waals surface area contributed by atoms with Gasteiger partial charge < -0.3 is 10.4 Å². The molecular formula is C14H13ClN2O3. The fourth-order valence-electron chi connectivity index (χ4n) is 1.87. The third kappa shape index (κ3) is 3.45. The summed E-state index contributed by atoms with van der Waals surface area (Å²) in [5, 5.41) is 12.2. The summed E-state index contributed by atoms with van der Waals surface area (Å²) in [5.41, 5.74) is 1.09. The molecule has 5 nitrogen and oxygen atoms in total. The molecule has 2 rings (SSSR count). The molecule has 104 valence electrons. The maximum Gasteiger partial charge on any atom is 0.303 e. The molecule has 1 amide bonds. The fraction of sp³-hybridized carbons (Fsp3) is 0.214. The number of pyridine rings is 1. The van der Waals surface area contributed by atoms with Crippen molar-refractivity contribution in [1.29, 1.82) is 0 Å². The molecule has 0 fully saturated rings. The minimum absolute atomic E-state index is 0.0259. The van der Waals surface area contributed by atoms with Gasteiger partial charge in [0.15, 0.2) is 0 Å². The number of fused-ring (bicyclic) bond motifs is 1. The molecule has 0 aliphatic carbocycles. The summed E-state index contributed by atoms with van der Waals surface area (Å²) in [4.78, 5) is 26.7. The summed E-state index contributed by atoms with van der Waals surface area (Å²) in [6.07, 6.45) is 0.413. The first-order chi connectivity index (χ1) is 9.58. The lowest BCUT2D eigenvalue weighted by Crippen LogP contribution is -2.25. The Bertz CT molecular complexity index is 658. The number of carbonyl (C=O) groups excluding carboxylic acids is 1. The second-order valence-corrected chi connectivity index (χ2v) is 4.65. The van der Waals surface area contributed by atoms with Crippen LogP contribution in [0.3, 0.4) is 0 Å². The quantitative estimate of drug-likeness (QED) is 0.655. The lowest BCUT2D eigenvalue weighted by atomic mass is 10.1. The van der Waals surface area contributed by atoms with Gasteiger partial charge in [-0.2, -0.15) is 0 Å². The summed E-state index contributed by atoms with van der Waals surface area (Å²) < 4.78 is 0. The van der Waals surface area contributed by atoms with Gasteiger partial charge in [0.1, 0.15) is 5.15 Å². The average Bonchev–Trinajstić information content (AvgIpc) is 2.42. The standard InChI is InChI=1S/C14H13ClN2O3/c15-12-8-10(9-4-1-2-5-11(9)17-12)14(20)16-7-3-6-13(18)19/h1-2,4-5,8H,3,6-7H2,(H,16,20)(H,18,19). The maximum absolute atomic E-state index is 12.1. The zero-order valence-corrected chi connectivity index (χ0v) is 11.4. The first kappa shape index (κ1) is 14.3. The van der Waals surface area contributed by atoms with Crippen LogP contribution in [0.1, 0.15) is 23.2 Å². The highest BCUT2D eigenvalue weighted by Gasteiger charge is 2.11. The van der Waals surface area contributed by atoms with Crippen LogP contribution in [0.5, 0.6) is 0 Å². The number of hydrogen-bond donors (Lipinski definition) is 2. The number of rotatable bonds is 5. The van der Waals surface area contributed by atoms with Gasteiger partial charge in [-0.1, -0.05) is 29.8 Å². The highest BCUT2D eigenvalue weighted by atomic mass is 35.5. The van der Waals surface area contributed by atoms with Crippen molar-refractivity contribution in [1.82, 2.24) is 10.3 Å². The van der Waals surface area contributed by atoms with Gasteiger partial charge in [-0.05, 0) is 18.6 Å². The predicted octanol–water partition coefficient (Wildman–Crippen LogP) is 2.48. The molecule has 0 aliphatic rings. The molecule has 6 heteroatoms. The third-order valence-corrected chi connectivity index (χ3v) is 2.98. The normalized spacial score (nSPS) is 10.4. The number of carboxylic acids is 1. The van der Waals surface area contributed by atoms with Crippen LogP contribution in [0, 0.1) is 0 Å². The van der Waals surface area contributed by atoms with Crippen LogP contribution in [0.4, 0.5) is 0 Å². The molecule has 20 heavy (non-hydrogen) atoms. The topological polar surface area (TPSA) is 79.3 Å². The minimum Gasteiger partial charge on any atom is -0.481 e. The minimum atomic E-state index is -0.878. The van der Waals surface area contributed by atoms with E-state index in [1.165, 1.54) is 6.07 Å². The lowest BCUT2D eigenvalue weighted by Gasteiger charge is -2.08. The van der Waals surface area contributed by atoms with Crippen molar-refractivity contribution in [3.63, 3.8) is 0 Å². The van der Waals surface area contributed by atoms with Gasteiger partial charge in [0.25, 0.3) is 5.91 Å². The molecule has 2 N–H and O–H groups in total. The predicted molar refractivity (Wildman–Crippen MR) is 76.0 cm³/mol. The molecule has 0 radical (unpaired) electrons. The van der Waals surface area contributed by atoms with E-state index < -0.39 is 5.97 Å². The first-order valence-electron chi connectivity index (χ1n) is 6.13. The zero-order chi connectivity index (χ0) is 14.5. The van der Waals surface area contributed by atoms with Gasteiger partial charge in [0, 0.05) is 18.4 Å². The monoisotopic (exact) mass is 292 g/mol. The molecule has 1 aromatic heterocycles. The van der Waals surface area contributed by atoms with E-state index in [4.69, 9.17) is 16.7 Å². The highest BCUT2D eigenvalue weighted by Crippen LogP contribution is 2.20. The zero-order valence-electron chi connectivity index (χ0n) is 10.6. The Balaban J connectivity index is 2.15. The van der Waals surface area contributed by atoms with Crippen molar-refractivity contribution in [2.45, 2.75) is 12.8 Å². The number of hydrogen-bond acceptors (Lipinski definition) is 3. The molecule has 0 saturated heterocycles. The van der Waals surface area contributed by atoms with E-state index in [0.29, 0.717) is 29.4 Å². The number of aliphatic carboxylic acids is 1. The Morgan fingerprint density at radius 1 is 1.30 bits per heavy atom. The third-order valence-electron chi connectivity index (χ3n) is 2.78. The van der Waals surface area contributed by atoms with Crippen molar-refractivity contribution >= 4 is 34.4 Å². The molecule has 0 saturated carbocycles. The van der Waals surface area contributed by atoms with E-state index >= 15 is 0 Å². The van der Waals surface area contributed by atoms with Crippen LogP contribution in [0.2, 0.25) is 5.15 Å². The largest absolute Gasteiger partial charge is 0.481 e. The van der Waals surface area contributed by atoms with Gasteiger partial charge in [0.2, 0.25) is 0 Å². The second-order valence-electron chi connectivity index (χ2n) is 4.26. The Morgan fingerprint density at radius 3 is 2.80 bits per heavy atom. The van der Waals surface area contributed by atoms with Gasteiger partial charge in [0.05, 0.1) is 11.1 Å². The summed E-state index contributed by atoms with van der Waals surface area (Å²) in [6.45, 7) is 0.305. The molecule has 1 heterocycles. The SMILES string of the molecule is O=C(O)CCCNC(=O)c1cc(Cl)nc2ccccc12. The molecule has 0 aliphatic heterocycles. The fourth-order valence-corrected chi connectivity index (χ4v) is 2.07. The molecule has 0 atom stereocenters. The van der Waals surface area contributed by atoms with Crippen molar-refractivity contribution < 1.29 is 14.7 Å². The highest BCUT2D eigenvalue weighted by molar-refractivity contribution is 6.30. The van der Waals surface area contributed by atoms with Crippen LogP contribution in [0.25, 0.3) is 10.9 Å². The number of amides is 1. The summed E-state index contributed by atoms with van der Waals surface area (Å²) in [5.74, 6) is -1.16. The number of para-hydroxylation sites is 1. The Kier molecular flexibility index (Phi) is 4.53. The van der Waals surface area contributed by atoms with Crippen molar-refractivity contribution in [2.75, 3.05) is 6.54 Å². The van der Waals surface area contributed by atoms with Crippen LogP contribution < -0.4 is 5.32 Å². The van der Waals surface area contributed by atoms with Crippen molar-refractivity contribution in [3.05, 3.63) is 41.0 Å². The van der Waals surface area contributed by atoms with E-state index in [-0.39, 0.29) is 17.5 Å². The van der Waals surface area contributed by atoms with E-state index in [1.54, 1.807) is 12.1 Å². The van der Waals surface area contributed by atoms with Gasteiger partial charge >= 0.3 is 5.97 Å². The molecule has 2 aromatic rings. The second kappa shape index (κ2) is 6.34. The summed E-state index contributed by atoms with van der Waals surface area (Å²) >= 11 is 5.90. The smallest absolute Gasteiger partial charge is 0.303 e. The number of nitrogens with one attached hydrogen (secondary N) is 1. The first-order valence-corrected chi connectivity index (χ1v) is 6.51. The number of carbonyl (C=O) groups is 2. The van der Waals surface area contributed by atoms with E-state index in [2.05, 4.69) is 10.3 Å². The Hall–Kier alpha value is -2.14. The van der Waals surface area contributed by atoms with Gasteiger partial charge in [-0.3, -0.25) is 9.59 Å². The average molecular weight is 293 g/mol. The van der Waals surface area contributed by atoms with Crippen LogP contribution in [-0.2, 0) is 4.79 Å². The van der Waals surface area contributed by atoms with Crippen molar-refractivity contribution in [2.24, 2.45) is 0 Å². The number of nitrogens with zero attached hydrogens (tertiary/aromatic N) is 1. The van der Waals surface area contributed by atoms with E-state index in [0.717, 1.165) is 0 Å². The maximum atomic E-state index is 12.1. The van der Waals surface area contributed by atoms with E-state index in [9.17, 15) is 9.59 Å². The molecular weight excluding hydrogens is 280 g/mol. The number of halogens is 1. The Labute approximate surface area is 120 Å². The van der Waals surface area contributed by atoms with Crippen molar-refractivity contribution in [3.8, 4) is 0 Å². The molecule has 0 spiro atoms. The van der Waals surface area contributed by atoms with Gasteiger partial charge in [-0.25, -0.2) is 4.98 Å². The molecule has 0 bridgehead atoms. The number of aromatic nitrogens is 1. The van der Waals surface area contributed by atoms with Crippen LogP contribution >= 0.6 is 11.6 Å². The van der Waals surface area contributed by atoms with Gasteiger partial charge in [-0.15, -0.1) is 0 Å². The van der Waals surface area contributed by atoms with Crippen LogP contribution in [-0.4, -0.2) is 28.5 Å².